The van der Waals surface area contributed by atoms with Gasteiger partial charge in [0.05, 0.1) is 11.9 Å². The maximum atomic E-state index is 12.2. The number of aromatic nitrogens is 2. The number of halogens is 1. The lowest BCUT2D eigenvalue weighted by atomic mass is 10.2. The molecule has 124 valence electrons. The molecule has 1 heterocycles. The molecule has 3 rings (SSSR count). The lowest BCUT2D eigenvalue weighted by Gasteiger charge is -2.08. The molecule has 0 amide bonds. The van der Waals surface area contributed by atoms with Gasteiger partial charge in [0, 0.05) is 10.5 Å². The largest absolute Gasteiger partial charge is 0.508 e. The minimum absolute atomic E-state index is 0.0512. The predicted molar refractivity (Wildman–Crippen MR) is 92.5 cm³/mol. The molecular formula is C18H17FN2O2S. The maximum Gasteiger partial charge on any atom is 0.170 e. The Kier molecular flexibility index (Phi) is 5.05. The van der Waals surface area contributed by atoms with Gasteiger partial charge in [0.25, 0.3) is 0 Å². The van der Waals surface area contributed by atoms with Crippen molar-refractivity contribution in [2.45, 2.75) is 17.0 Å². The molecule has 0 saturated heterocycles. The SMILES string of the molecule is Cc1ccc(OCCF)cc1Sc1ncc(-c2cccc(O)c2)[nH]1. The molecule has 0 bridgehead atoms. The van der Waals surface area contributed by atoms with Gasteiger partial charge in [0.15, 0.2) is 5.16 Å². The fourth-order valence-corrected chi connectivity index (χ4v) is 3.09. The number of nitrogens with one attached hydrogen (secondary N) is 1. The van der Waals surface area contributed by atoms with Crippen LogP contribution in [0.15, 0.2) is 58.7 Å². The summed E-state index contributed by atoms with van der Waals surface area (Å²) >= 11 is 1.48. The van der Waals surface area contributed by atoms with Gasteiger partial charge in [0.1, 0.15) is 24.8 Å². The minimum atomic E-state index is -0.512. The van der Waals surface area contributed by atoms with Crippen molar-refractivity contribution in [2.24, 2.45) is 0 Å². The fourth-order valence-electron chi connectivity index (χ4n) is 2.22. The summed E-state index contributed by atoms with van der Waals surface area (Å²) < 4.78 is 17.6. The van der Waals surface area contributed by atoms with E-state index in [-0.39, 0.29) is 12.4 Å². The number of hydrogen-bond acceptors (Lipinski definition) is 4. The highest BCUT2D eigenvalue weighted by molar-refractivity contribution is 7.99. The van der Waals surface area contributed by atoms with Crippen molar-refractivity contribution in [1.29, 1.82) is 0 Å². The van der Waals surface area contributed by atoms with Crippen LogP contribution in [0.5, 0.6) is 11.5 Å². The summed E-state index contributed by atoms with van der Waals surface area (Å²) in [6, 6.07) is 12.6. The standard InChI is InChI=1S/C18H17FN2O2S/c1-12-5-6-15(23-8-7-19)10-17(12)24-18-20-11-16(21-18)13-3-2-4-14(22)9-13/h2-6,9-11,22H,7-8H2,1H3,(H,20,21). The first-order chi connectivity index (χ1) is 11.7. The number of benzene rings is 2. The number of ether oxygens (including phenoxy) is 1. The molecule has 2 N–H and O–H groups in total. The van der Waals surface area contributed by atoms with E-state index in [0.29, 0.717) is 5.75 Å². The average Bonchev–Trinajstić information content (AvgIpc) is 3.04. The number of phenols is 1. The Labute approximate surface area is 143 Å². The highest BCUT2D eigenvalue weighted by Crippen LogP contribution is 2.32. The Morgan fingerprint density at radius 2 is 2.12 bits per heavy atom. The number of aromatic amines is 1. The molecule has 0 spiro atoms. The van der Waals surface area contributed by atoms with Gasteiger partial charge in [-0.1, -0.05) is 30.0 Å². The molecule has 0 aliphatic carbocycles. The summed E-state index contributed by atoms with van der Waals surface area (Å²) in [6.45, 7) is 1.54. The Hall–Kier alpha value is -2.47. The second-order valence-electron chi connectivity index (χ2n) is 5.22. The number of aryl methyl sites for hydroxylation is 1. The maximum absolute atomic E-state index is 12.2. The summed E-state index contributed by atoms with van der Waals surface area (Å²) in [5.74, 6) is 0.852. The third kappa shape index (κ3) is 3.89. The average molecular weight is 344 g/mol. The summed E-state index contributed by atoms with van der Waals surface area (Å²) in [6.07, 6.45) is 1.73. The zero-order valence-electron chi connectivity index (χ0n) is 13.1. The fraction of sp³-hybridized carbons (Fsp3) is 0.167. The zero-order chi connectivity index (χ0) is 16.9. The van der Waals surface area contributed by atoms with Crippen LogP contribution in [0.1, 0.15) is 5.56 Å². The highest BCUT2D eigenvalue weighted by Gasteiger charge is 2.09. The van der Waals surface area contributed by atoms with E-state index in [1.807, 2.05) is 31.2 Å². The Bertz CT molecular complexity index is 835. The van der Waals surface area contributed by atoms with Gasteiger partial charge in [-0.05, 0) is 36.8 Å². The molecule has 2 aromatic carbocycles. The third-order valence-electron chi connectivity index (χ3n) is 3.42. The molecule has 24 heavy (non-hydrogen) atoms. The minimum Gasteiger partial charge on any atom is -0.508 e. The van der Waals surface area contributed by atoms with Crippen LogP contribution >= 0.6 is 11.8 Å². The van der Waals surface area contributed by atoms with Crippen LogP contribution < -0.4 is 4.74 Å². The van der Waals surface area contributed by atoms with Crippen molar-refractivity contribution in [2.75, 3.05) is 13.3 Å². The molecular weight excluding hydrogens is 327 g/mol. The highest BCUT2D eigenvalue weighted by atomic mass is 32.2. The van der Waals surface area contributed by atoms with E-state index in [9.17, 15) is 9.50 Å². The van der Waals surface area contributed by atoms with E-state index in [0.717, 1.165) is 26.9 Å². The summed E-state index contributed by atoms with van der Waals surface area (Å²) in [5, 5.41) is 10.3. The first kappa shape index (κ1) is 16.4. The topological polar surface area (TPSA) is 58.1 Å². The number of H-pyrrole nitrogens is 1. The van der Waals surface area contributed by atoms with Crippen molar-refractivity contribution in [3.63, 3.8) is 0 Å². The van der Waals surface area contributed by atoms with Gasteiger partial charge in [0.2, 0.25) is 0 Å². The summed E-state index contributed by atoms with van der Waals surface area (Å²) in [4.78, 5) is 8.60. The number of alkyl halides is 1. The second kappa shape index (κ2) is 7.40. The quantitative estimate of drug-likeness (QED) is 0.687. The number of imidazole rings is 1. The first-order valence-electron chi connectivity index (χ1n) is 7.47. The molecule has 0 aliphatic heterocycles. The second-order valence-corrected chi connectivity index (χ2v) is 6.25. The van der Waals surface area contributed by atoms with Crippen LogP contribution in [0.4, 0.5) is 4.39 Å². The Balaban J connectivity index is 1.79. The molecule has 0 unspecified atom stereocenters. The molecule has 0 radical (unpaired) electrons. The smallest absolute Gasteiger partial charge is 0.170 e. The number of rotatable bonds is 6. The van der Waals surface area contributed by atoms with Crippen molar-refractivity contribution in [1.82, 2.24) is 9.97 Å². The van der Waals surface area contributed by atoms with Gasteiger partial charge in [-0.25, -0.2) is 9.37 Å². The van der Waals surface area contributed by atoms with Crippen molar-refractivity contribution >= 4 is 11.8 Å². The Morgan fingerprint density at radius 1 is 1.25 bits per heavy atom. The van der Waals surface area contributed by atoms with Crippen molar-refractivity contribution < 1.29 is 14.2 Å². The van der Waals surface area contributed by atoms with Gasteiger partial charge in [-0.15, -0.1) is 0 Å². The van der Waals surface area contributed by atoms with Crippen LogP contribution in [-0.4, -0.2) is 28.4 Å². The van der Waals surface area contributed by atoms with E-state index in [2.05, 4.69) is 9.97 Å². The first-order valence-corrected chi connectivity index (χ1v) is 8.29. The van der Waals surface area contributed by atoms with E-state index in [1.165, 1.54) is 11.8 Å². The van der Waals surface area contributed by atoms with Crippen LogP contribution in [-0.2, 0) is 0 Å². The monoisotopic (exact) mass is 344 g/mol. The molecule has 0 saturated carbocycles. The number of hydrogen-bond donors (Lipinski definition) is 2. The van der Waals surface area contributed by atoms with Crippen molar-refractivity contribution in [3.05, 3.63) is 54.2 Å². The van der Waals surface area contributed by atoms with Crippen LogP contribution in [0.3, 0.4) is 0 Å². The predicted octanol–water partition coefficient (Wildman–Crippen LogP) is 4.59. The summed E-state index contributed by atoms with van der Waals surface area (Å²) in [7, 11) is 0. The normalized spacial score (nSPS) is 10.8. The molecule has 0 aliphatic rings. The van der Waals surface area contributed by atoms with Crippen LogP contribution in [0, 0.1) is 6.92 Å². The van der Waals surface area contributed by atoms with Gasteiger partial charge >= 0.3 is 0 Å². The van der Waals surface area contributed by atoms with Gasteiger partial charge < -0.3 is 14.8 Å². The molecule has 3 aromatic rings. The molecule has 0 atom stereocenters. The molecule has 1 aromatic heterocycles. The summed E-state index contributed by atoms with van der Waals surface area (Å²) in [5.41, 5.74) is 2.78. The van der Waals surface area contributed by atoms with Crippen LogP contribution in [0.2, 0.25) is 0 Å². The van der Waals surface area contributed by atoms with Gasteiger partial charge in [-0.3, -0.25) is 0 Å². The van der Waals surface area contributed by atoms with E-state index in [4.69, 9.17) is 4.74 Å². The third-order valence-corrected chi connectivity index (χ3v) is 4.48. The number of aromatic hydroxyl groups is 1. The lowest BCUT2D eigenvalue weighted by Crippen LogP contribution is -1.98. The van der Waals surface area contributed by atoms with Crippen LogP contribution in [0.25, 0.3) is 11.3 Å². The van der Waals surface area contributed by atoms with Crippen molar-refractivity contribution in [3.8, 4) is 22.8 Å². The zero-order valence-corrected chi connectivity index (χ0v) is 13.9. The van der Waals surface area contributed by atoms with Gasteiger partial charge in [-0.2, -0.15) is 0 Å². The van der Waals surface area contributed by atoms with E-state index < -0.39 is 6.67 Å². The molecule has 4 nitrogen and oxygen atoms in total. The lowest BCUT2D eigenvalue weighted by molar-refractivity contribution is 0.272. The van der Waals surface area contributed by atoms with E-state index >= 15 is 0 Å². The van der Waals surface area contributed by atoms with E-state index in [1.54, 1.807) is 24.4 Å². The number of phenolic OH excluding ortho intramolecular Hbond substituents is 1. The Morgan fingerprint density at radius 3 is 2.92 bits per heavy atom. The number of nitrogens with zero attached hydrogens (tertiary/aromatic N) is 1. The molecule has 6 heteroatoms. The molecule has 0 fully saturated rings.